The minimum absolute atomic E-state index is 0.0971. The first-order chi connectivity index (χ1) is 9.95. The van der Waals surface area contributed by atoms with Crippen LogP contribution in [0.5, 0.6) is 0 Å². The van der Waals surface area contributed by atoms with Crippen LogP contribution in [0.3, 0.4) is 0 Å². The molecule has 1 aliphatic rings. The van der Waals surface area contributed by atoms with Crippen LogP contribution in [-0.2, 0) is 12.6 Å². The molecule has 21 heavy (non-hydrogen) atoms. The SMILES string of the molecule is N[C@@H]1CCCCc2nn(-c3ccnc(C(F)(F)F)c3)cc21. The molecule has 0 bridgehead atoms. The summed E-state index contributed by atoms with van der Waals surface area (Å²) in [6.07, 6.45) is 2.16. The molecule has 2 N–H and O–H groups in total. The van der Waals surface area contributed by atoms with Gasteiger partial charge in [-0.1, -0.05) is 6.42 Å². The Morgan fingerprint density at radius 3 is 2.86 bits per heavy atom. The smallest absolute Gasteiger partial charge is 0.324 e. The van der Waals surface area contributed by atoms with E-state index in [1.807, 2.05) is 0 Å². The first-order valence-electron chi connectivity index (χ1n) is 6.83. The molecule has 0 saturated heterocycles. The van der Waals surface area contributed by atoms with Crippen molar-refractivity contribution in [3.63, 3.8) is 0 Å². The number of nitrogens with zero attached hydrogens (tertiary/aromatic N) is 3. The highest BCUT2D eigenvalue weighted by atomic mass is 19.4. The predicted octanol–water partition coefficient (Wildman–Crippen LogP) is 3.01. The Kier molecular flexibility index (Phi) is 3.44. The van der Waals surface area contributed by atoms with Gasteiger partial charge in [-0.2, -0.15) is 18.3 Å². The zero-order chi connectivity index (χ0) is 15.0. The molecule has 0 aromatic carbocycles. The molecule has 3 rings (SSSR count). The van der Waals surface area contributed by atoms with E-state index in [9.17, 15) is 13.2 Å². The number of halogens is 3. The van der Waals surface area contributed by atoms with Crippen LogP contribution >= 0.6 is 0 Å². The third-order valence-corrected chi connectivity index (χ3v) is 3.70. The minimum atomic E-state index is -4.46. The fourth-order valence-corrected chi connectivity index (χ4v) is 2.59. The number of aryl methyl sites for hydroxylation is 1. The fraction of sp³-hybridized carbons (Fsp3) is 0.429. The number of nitrogens with two attached hydrogens (primary N) is 1. The maximum atomic E-state index is 12.7. The lowest BCUT2D eigenvalue weighted by Gasteiger charge is -2.08. The van der Waals surface area contributed by atoms with Gasteiger partial charge >= 0.3 is 6.18 Å². The topological polar surface area (TPSA) is 56.7 Å². The van der Waals surface area contributed by atoms with Gasteiger partial charge in [-0.3, -0.25) is 4.98 Å². The average Bonchev–Trinajstić information content (AvgIpc) is 2.80. The van der Waals surface area contributed by atoms with E-state index >= 15 is 0 Å². The molecule has 2 aromatic heterocycles. The van der Waals surface area contributed by atoms with Crippen LogP contribution in [0.2, 0.25) is 0 Å². The molecule has 2 heterocycles. The van der Waals surface area contributed by atoms with E-state index in [0.29, 0.717) is 5.69 Å². The quantitative estimate of drug-likeness (QED) is 0.823. The Balaban J connectivity index is 2.00. The van der Waals surface area contributed by atoms with Gasteiger partial charge in [0.15, 0.2) is 0 Å². The van der Waals surface area contributed by atoms with Crippen molar-refractivity contribution in [1.29, 1.82) is 0 Å². The van der Waals surface area contributed by atoms with Crippen LogP contribution in [0, 0.1) is 0 Å². The lowest BCUT2D eigenvalue weighted by molar-refractivity contribution is -0.141. The van der Waals surface area contributed by atoms with Gasteiger partial charge in [-0.25, -0.2) is 4.68 Å². The van der Waals surface area contributed by atoms with E-state index < -0.39 is 11.9 Å². The van der Waals surface area contributed by atoms with E-state index in [2.05, 4.69) is 10.1 Å². The van der Waals surface area contributed by atoms with Crippen molar-refractivity contribution in [3.05, 3.63) is 41.5 Å². The molecule has 2 aromatic rings. The van der Waals surface area contributed by atoms with Gasteiger partial charge in [0.25, 0.3) is 0 Å². The number of alkyl halides is 3. The molecule has 0 spiro atoms. The molecule has 0 radical (unpaired) electrons. The van der Waals surface area contributed by atoms with E-state index in [4.69, 9.17) is 5.73 Å². The van der Waals surface area contributed by atoms with Crippen molar-refractivity contribution in [2.45, 2.75) is 37.9 Å². The Morgan fingerprint density at radius 1 is 1.29 bits per heavy atom. The summed E-state index contributed by atoms with van der Waals surface area (Å²) in [5, 5.41) is 4.40. The second-order valence-electron chi connectivity index (χ2n) is 5.23. The van der Waals surface area contributed by atoms with Crippen molar-refractivity contribution in [3.8, 4) is 5.69 Å². The van der Waals surface area contributed by atoms with Crippen molar-refractivity contribution in [2.75, 3.05) is 0 Å². The summed E-state index contributed by atoms with van der Waals surface area (Å²) >= 11 is 0. The highest BCUT2D eigenvalue weighted by Crippen LogP contribution is 2.30. The molecular weight excluding hydrogens is 281 g/mol. The van der Waals surface area contributed by atoms with E-state index in [1.54, 1.807) is 6.20 Å². The third kappa shape index (κ3) is 2.78. The van der Waals surface area contributed by atoms with Crippen LogP contribution in [0.4, 0.5) is 13.2 Å². The van der Waals surface area contributed by atoms with Crippen LogP contribution in [-0.4, -0.2) is 14.8 Å². The molecule has 0 unspecified atom stereocenters. The normalized spacial score (nSPS) is 19.1. The van der Waals surface area contributed by atoms with Crippen LogP contribution in [0.15, 0.2) is 24.5 Å². The second-order valence-corrected chi connectivity index (χ2v) is 5.23. The Labute approximate surface area is 119 Å². The number of hydrogen-bond donors (Lipinski definition) is 1. The first-order valence-corrected chi connectivity index (χ1v) is 6.83. The lowest BCUT2D eigenvalue weighted by atomic mass is 10.1. The maximum Gasteiger partial charge on any atom is 0.433 e. The van der Waals surface area contributed by atoms with E-state index in [1.165, 1.54) is 10.7 Å². The summed E-state index contributed by atoms with van der Waals surface area (Å²) in [4.78, 5) is 3.36. The number of fused-ring (bicyclic) bond motifs is 1. The molecule has 4 nitrogen and oxygen atoms in total. The zero-order valence-electron chi connectivity index (χ0n) is 11.3. The number of rotatable bonds is 1. The standard InChI is InChI=1S/C14H15F3N4/c15-14(16,17)13-7-9(5-6-19-13)21-8-10-11(18)3-1-2-4-12(10)20-21/h5-8,11H,1-4,18H2/t11-/m1/s1. The highest BCUT2D eigenvalue weighted by Gasteiger charge is 2.32. The number of aromatic nitrogens is 3. The van der Waals surface area contributed by atoms with Gasteiger partial charge in [-0.05, 0) is 31.4 Å². The van der Waals surface area contributed by atoms with Gasteiger partial charge in [0, 0.05) is 24.0 Å². The van der Waals surface area contributed by atoms with Crippen molar-refractivity contribution < 1.29 is 13.2 Å². The summed E-state index contributed by atoms with van der Waals surface area (Å²) in [5.41, 5.74) is 7.32. The third-order valence-electron chi connectivity index (χ3n) is 3.70. The molecule has 1 atom stereocenters. The molecular formula is C14H15F3N4. The highest BCUT2D eigenvalue weighted by molar-refractivity contribution is 5.35. The van der Waals surface area contributed by atoms with Crippen LogP contribution in [0.1, 0.15) is 42.3 Å². The monoisotopic (exact) mass is 296 g/mol. The minimum Gasteiger partial charge on any atom is -0.324 e. The van der Waals surface area contributed by atoms with Crippen LogP contribution in [0.25, 0.3) is 5.69 Å². The Morgan fingerprint density at radius 2 is 2.10 bits per heavy atom. The fourth-order valence-electron chi connectivity index (χ4n) is 2.59. The lowest BCUT2D eigenvalue weighted by Crippen LogP contribution is -2.09. The largest absolute Gasteiger partial charge is 0.433 e. The van der Waals surface area contributed by atoms with Gasteiger partial charge in [0.05, 0.1) is 11.4 Å². The predicted molar refractivity (Wildman–Crippen MR) is 70.8 cm³/mol. The van der Waals surface area contributed by atoms with Crippen molar-refractivity contribution in [1.82, 2.24) is 14.8 Å². The summed E-state index contributed by atoms with van der Waals surface area (Å²) in [7, 11) is 0. The number of pyridine rings is 1. The summed E-state index contributed by atoms with van der Waals surface area (Å²) in [6, 6.07) is 2.41. The van der Waals surface area contributed by atoms with Gasteiger partial charge in [0.2, 0.25) is 0 Å². The molecule has 0 saturated carbocycles. The van der Waals surface area contributed by atoms with Crippen molar-refractivity contribution >= 4 is 0 Å². The van der Waals surface area contributed by atoms with Gasteiger partial charge < -0.3 is 5.73 Å². The molecule has 7 heteroatoms. The summed E-state index contributed by atoms with van der Waals surface area (Å²) in [6.45, 7) is 0. The Hall–Kier alpha value is -1.89. The molecule has 1 aliphatic carbocycles. The average molecular weight is 296 g/mol. The van der Waals surface area contributed by atoms with E-state index in [-0.39, 0.29) is 6.04 Å². The maximum absolute atomic E-state index is 12.7. The van der Waals surface area contributed by atoms with E-state index in [0.717, 1.165) is 49.2 Å². The molecule has 0 fully saturated rings. The first kappa shape index (κ1) is 14.1. The zero-order valence-corrected chi connectivity index (χ0v) is 11.3. The van der Waals surface area contributed by atoms with Gasteiger partial charge in [-0.15, -0.1) is 0 Å². The molecule has 0 aliphatic heterocycles. The van der Waals surface area contributed by atoms with Crippen molar-refractivity contribution in [2.24, 2.45) is 5.73 Å². The van der Waals surface area contributed by atoms with Gasteiger partial charge in [0.1, 0.15) is 5.69 Å². The summed E-state index contributed by atoms with van der Waals surface area (Å²) < 4.78 is 39.6. The number of hydrogen-bond acceptors (Lipinski definition) is 3. The van der Waals surface area contributed by atoms with Crippen LogP contribution < -0.4 is 5.73 Å². The molecule has 112 valence electrons. The summed E-state index contributed by atoms with van der Waals surface area (Å²) in [5.74, 6) is 0. The molecule has 0 amide bonds. The second kappa shape index (κ2) is 5.14. The Bertz CT molecular complexity index is 648.